The first-order chi connectivity index (χ1) is 8.49. The largest absolute Gasteiger partial charge is 0.496 e. The molecule has 0 radical (unpaired) electrons. The predicted molar refractivity (Wildman–Crippen MR) is 72.9 cm³/mol. The molecule has 1 atom stereocenters. The summed E-state index contributed by atoms with van der Waals surface area (Å²) in [5.74, 6) is 1.11. The van der Waals surface area contributed by atoms with Gasteiger partial charge in [0, 0.05) is 19.2 Å². The molecule has 0 bridgehead atoms. The van der Waals surface area contributed by atoms with E-state index in [4.69, 9.17) is 10.5 Å². The molecule has 4 heteroatoms. The second-order valence-electron chi connectivity index (χ2n) is 4.71. The van der Waals surface area contributed by atoms with Crippen LogP contribution in [0.15, 0.2) is 18.2 Å². The predicted octanol–water partition coefficient (Wildman–Crippen LogP) is 1.67. The Labute approximate surface area is 109 Å². The molecule has 0 aromatic heterocycles. The van der Waals surface area contributed by atoms with Crippen LogP contribution in [0.4, 0.5) is 0 Å². The fraction of sp³-hybridized carbons (Fsp3) is 0.500. The summed E-state index contributed by atoms with van der Waals surface area (Å²) >= 11 is 0. The molecule has 0 saturated heterocycles. The quantitative estimate of drug-likeness (QED) is 0.865. The van der Waals surface area contributed by atoms with E-state index in [1.54, 1.807) is 25.1 Å². The zero-order chi connectivity index (χ0) is 13.7. The van der Waals surface area contributed by atoms with Gasteiger partial charge in [-0.3, -0.25) is 4.79 Å². The summed E-state index contributed by atoms with van der Waals surface area (Å²) in [4.78, 5) is 13.9. The van der Waals surface area contributed by atoms with Crippen LogP contribution in [0, 0.1) is 12.8 Å². The average molecular weight is 250 g/mol. The summed E-state index contributed by atoms with van der Waals surface area (Å²) in [6.07, 6.45) is 0. The maximum atomic E-state index is 12.2. The van der Waals surface area contributed by atoms with Gasteiger partial charge in [-0.25, -0.2) is 0 Å². The maximum absolute atomic E-state index is 12.2. The van der Waals surface area contributed by atoms with Gasteiger partial charge in [-0.2, -0.15) is 0 Å². The van der Waals surface area contributed by atoms with E-state index in [-0.39, 0.29) is 5.91 Å². The number of hydrogen-bond acceptors (Lipinski definition) is 3. The number of rotatable bonds is 5. The fourth-order valence-electron chi connectivity index (χ4n) is 1.86. The number of benzene rings is 1. The molecule has 1 aromatic rings. The van der Waals surface area contributed by atoms with E-state index in [1.807, 2.05) is 26.0 Å². The molecule has 18 heavy (non-hydrogen) atoms. The smallest absolute Gasteiger partial charge is 0.253 e. The van der Waals surface area contributed by atoms with E-state index < -0.39 is 0 Å². The minimum Gasteiger partial charge on any atom is -0.496 e. The monoisotopic (exact) mass is 250 g/mol. The Hall–Kier alpha value is -1.55. The van der Waals surface area contributed by atoms with Crippen molar-refractivity contribution in [3.05, 3.63) is 29.3 Å². The molecule has 100 valence electrons. The van der Waals surface area contributed by atoms with Crippen LogP contribution in [-0.2, 0) is 0 Å². The molecular formula is C14H22N2O2. The van der Waals surface area contributed by atoms with Crippen LogP contribution in [0.5, 0.6) is 5.75 Å². The number of aryl methyl sites for hydroxylation is 1. The van der Waals surface area contributed by atoms with Crippen molar-refractivity contribution in [2.75, 3.05) is 27.2 Å². The maximum Gasteiger partial charge on any atom is 0.253 e. The average Bonchev–Trinajstić information content (AvgIpc) is 2.37. The van der Waals surface area contributed by atoms with Gasteiger partial charge in [0.15, 0.2) is 0 Å². The summed E-state index contributed by atoms with van der Waals surface area (Å²) in [5, 5.41) is 0. The lowest BCUT2D eigenvalue weighted by Crippen LogP contribution is -2.33. The lowest BCUT2D eigenvalue weighted by molar-refractivity contribution is 0.0777. The molecule has 1 unspecified atom stereocenters. The molecular weight excluding hydrogens is 228 g/mol. The van der Waals surface area contributed by atoms with Crippen molar-refractivity contribution in [1.82, 2.24) is 4.90 Å². The number of carbonyl (C=O) groups is 1. The third-order valence-corrected chi connectivity index (χ3v) is 2.98. The summed E-state index contributed by atoms with van der Waals surface area (Å²) in [6.45, 7) is 5.21. The highest BCUT2D eigenvalue weighted by Crippen LogP contribution is 2.19. The van der Waals surface area contributed by atoms with E-state index in [2.05, 4.69) is 0 Å². The van der Waals surface area contributed by atoms with Crippen LogP contribution >= 0.6 is 0 Å². The van der Waals surface area contributed by atoms with Gasteiger partial charge in [0.05, 0.1) is 7.11 Å². The molecule has 0 saturated carbocycles. The molecule has 4 nitrogen and oxygen atoms in total. The normalized spacial score (nSPS) is 12.1. The lowest BCUT2D eigenvalue weighted by atomic mass is 10.1. The Morgan fingerprint density at radius 1 is 1.50 bits per heavy atom. The molecule has 0 aliphatic heterocycles. The van der Waals surface area contributed by atoms with Crippen LogP contribution in [0.3, 0.4) is 0 Å². The number of carbonyl (C=O) groups excluding carboxylic acids is 1. The Kier molecular flexibility index (Phi) is 5.16. The van der Waals surface area contributed by atoms with Crippen molar-refractivity contribution in [2.24, 2.45) is 11.7 Å². The van der Waals surface area contributed by atoms with Gasteiger partial charge in [0.2, 0.25) is 0 Å². The van der Waals surface area contributed by atoms with Crippen molar-refractivity contribution in [3.63, 3.8) is 0 Å². The topological polar surface area (TPSA) is 55.6 Å². The highest BCUT2D eigenvalue weighted by molar-refractivity contribution is 5.94. The molecule has 0 heterocycles. The Morgan fingerprint density at radius 2 is 2.17 bits per heavy atom. The van der Waals surface area contributed by atoms with E-state index >= 15 is 0 Å². The third-order valence-electron chi connectivity index (χ3n) is 2.98. The molecule has 0 aliphatic rings. The first kappa shape index (κ1) is 14.5. The fourth-order valence-corrected chi connectivity index (χ4v) is 1.86. The number of hydrogen-bond donors (Lipinski definition) is 1. The number of amides is 1. The molecule has 1 amide bonds. The van der Waals surface area contributed by atoms with Gasteiger partial charge in [-0.15, -0.1) is 0 Å². The van der Waals surface area contributed by atoms with Crippen molar-refractivity contribution in [3.8, 4) is 5.75 Å². The summed E-state index contributed by atoms with van der Waals surface area (Å²) in [5.41, 5.74) is 7.21. The standard InChI is InChI=1S/C14H22N2O2/c1-10(8-15)9-16(3)14(17)12-5-6-13(18-4)11(2)7-12/h5-7,10H,8-9,15H2,1-4H3. The van der Waals surface area contributed by atoms with Crippen LogP contribution in [0.25, 0.3) is 0 Å². The zero-order valence-corrected chi connectivity index (χ0v) is 11.6. The van der Waals surface area contributed by atoms with Crippen molar-refractivity contribution in [2.45, 2.75) is 13.8 Å². The third kappa shape index (κ3) is 3.47. The minimum absolute atomic E-state index is 0.0149. The van der Waals surface area contributed by atoms with Crippen molar-refractivity contribution >= 4 is 5.91 Å². The molecule has 2 N–H and O–H groups in total. The molecule has 1 aromatic carbocycles. The van der Waals surface area contributed by atoms with Gasteiger partial charge in [-0.1, -0.05) is 6.92 Å². The van der Waals surface area contributed by atoms with Crippen LogP contribution in [-0.4, -0.2) is 38.1 Å². The highest BCUT2D eigenvalue weighted by Gasteiger charge is 2.14. The molecule has 0 aliphatic carbocycles. The van der Waals surface area contributed by atoms with Gasteiger partial charge in [-0.05, 0) is 43.1 Å². The number of methoxy groups -OCH3 is 1. The van der Waals surface area contributed by atoms with Gasteiger partial charge in [0.25, 0.3) is 5.91 Å². The second kappa shape index (κ2) is 6.40. The first-order valence-electron chi connectivity index (χ1n) is 6.09. The Balaban J connectivity index is 2.80. The first-order valence-corrected chi connectivity index (χ1v) is 6.09. The molecule has 0 spiro atoms. The van der Waals surface area contributed by atoms with Gasteiger partial charge >= 0.3 is 0 Å². The summed E-state index contributed by atoms with van der Waals surface area (Å²) in [6, 6.07) is 5.46. The van der Waals surface area contributed by atoms with Gasteiger partial charge < -0.3 is 15.4 Å². The number of ether oxygens (including phenoxy) is 1. The molecule has 0 fully saturated rings. The van der Waals surface area contributed by atoms with Crippen LogP contribution in [0.2, 0.25) is 0 Å². The zero-order valence-electron chi connectivity index (χ0n) is 11.6. The van der Waals surface area contributed by atoms with Crippen LogP contribution < -0.4 is 10.5 Å². The Morgan fingerprint density at radius 3 is 2.67 bits per heavy atom. The number of nitrogens with two attached hydrogens (primary N) is 1. The van der Waals surface area contributed by atoms with Crippen molar-refractivity contribution < 1.29 is 9.53 Å². The lowest BCUT2D eigenvalue weighted by Gasteiger charge is -2.21. The van der Waals surface area contributed by atoms with Crippen molar-refractivity contribution in [1.29, 1.82) is 0 Å². The summed E-state index contributed by atoms with van der Waals surface area (Å²) in [7, 11) is 3.42. The van der Waals surface area contributed by atoms with Crippen LogP contribution in [0.1, 0.15) is 22.8 Å². The van der Waals surface area contributed by atoms with E-state index in [9.17, 15) is 4.79 Å². The SMILES string of the molecule is COc1ccc(C(=O)N(C)CC(C)CN)cc1C. The van der Waals surface area contributed by atoms with Gasteiger partial charge in [0.1, 0.15) is 5.75 Å². The molecule has 1 rings (SSSR count). The second-order valence-corrected chi connectivity index (χ2v) is 4.71. The highest BCUT2D eigenvalue weighted by atomic mass is 16.5. The van der Waals surface area contributed by atoms with E-state index in [1.165, 1.54) is 0 Å². The summed E-state index contributed by atoms with van der Waals surface area (Å²) < 4.78 is 5.18. The minimum atomic E-state index is 0.0149. The number of nitrogens with zero attached hydrogens (tertiary/aromatic N) is 1. The van der Waals surface area contributed by atoms with E-state index in [0.29, 0.717) is 24.6 Å². The Bertz CT molecular complexity index is 418. The van der Waals surface area contributed by atoms with E-state index in [0.717, 1.165) is 11.3 Å².